The fraction of sp³-hybridized carbons (Fsp3) is 0.244. The van der Waals surface area contributed by atoms with Crippen molar-refractivity contribution in [2.24, 2.45) is 5.73 Å². The van der Waals surface area contributed by atoms with E-state index in [1.54, 1.807) is 0 Å². The van der Waals surface area contributed by atoms with Gasteiger partial charge in [0.05, 0.1) is 40.1 Å². The predicted octanol–water partition coefficient (Wildman–Crippen LogP) is 7.48. The Hall–Kier alpha value is -6.03. The summed E-state index contributed by atoms with van der Waals surface area (Å²) in [6.45, 7) is 11.8. The van der Waals surface area contributed by atoms with Crippen molar-refractivity contribution in [1.82, 2.24) is 14.5 Å². The Balaban J connectivity index is 0.000000195. The fourth-order valence-corrected chi connectivity index (χ4v) is 6.28. The Labute approximate surface area is 293 Å². The zero-order valence-corrected chi connectivity index (χ0v) is 29.0. The SMILES string of the molecule is CCn1c(-c2ccc(OCCN)cc2)c(C#N)c2ccc(C)cc21.CCn1c(-c2ccc(OCCNC=O)cc2)c(C#N)c2ccc(C)cc21. The molecule has 0 bridgehead atoms. The average Bonchev–Trinajstić information content (AvgIpc) is 3.63. The molecule has 4 aromatic carbocycles. The van der Waals surface area contributed by atoms with E-state index in [9.17, 15) is 15.3 Å². The number of nitriles is 2. The number of hydrogen-bond donors (Lipinski definition) is 2. The van der Waals surface area contributed by atoms with Crippen molar-refractivity contribution in [3.63, 3.8) is 0 Å². The molecule has 254 valence electrons. The third kappa shape index (κ3) is 7.34. The molecule has 0 atom stereocenters. The van der Waals surface area contributed by atoms with Crippen LogP contribution in [0.1, 0.15) is 36.1 Å². The number of aryl methyl sites for hydroxylation is 4. The monoisotopic (exact) mass is 666 g/mol. The number of rotatable bonds is 12. The summed E-state index contributed by atoms with van der Waals surface area (Å²) < 4.78 is 15.5. The number of carbonyl (C=O) groups excluding carboxylic acids is 1. The average molecular weight is 667 g/mol. The van der Waals surface area contributed by atoms with Crippen LogP contribution in [-0.2, 0) is 17.9 Å². The lowest BCUT2D eigenvalue weighted by molar-refractivity contribution is -0.109. The first-order valence-corrected chi connectivity index (χ1v) is 16.8. The molecule has 0 fully saturated rings. The molecule has 0 aliphatic carbocycles. The Morgan fingerprint density at radius 2 is 1.14 bits per heavy atom. The Morgan fingerprint density at radius 3 is 1.52 bits per heavy atom. The summed E-state index contributed by atoms with van der Waals surface area (Å²) in [5, 5.41) is 24.0. The van der Waals surface area contributed by atoms with E-state index in [-0.39, 0.29) is 0 Å². The van der Waals surface area contributed by atoms with Gasteiger partial charge in [-0.25, -0.2) is 0 Å². The van der Waals surface area contributed by atoms with Crippen LogP contribution in [0.5, 0.6) is 11.5 Å². The third-order valence-corrected chi connectivity index (χ3v) is 8.54. The largest absolute Gasteiger partial charge is 0.492 e. The summed E-state index contributed by atoms with van der Waals surface area (Å²) in [7, 11) is 0. The molecule has 0 aliphatic rings. The smallest absolute Gasteiger partial charge is 0.207 e. The lowest BCUT2D eigenvalue weighted by Gasteiger charge is -2.10. The van der Waals surface area contributed by atoms with Gasteiger partial charge in [-0.1, -0.05) is 24.3 Å². The van der Waals surface area contributed by atoms with Gasteiger partial charge in [0.1, 0.15) is 36.9 Å². The van der Waals surface area contributed by atoms with E-state index in [0.29, 0.717) is 38.3 Å². The van der Waals surface area contributed by atoms with Gasteiger partial charge in [0.25, 0.3) is 0 Å². The maximum Gasteiger partial charge on any atom is 0.207 e. The van der Waals surface area contributed by atoms with Gasteiger partial charge in [-0.3, -0.25) is 4.79 Å². The number of nitrogens with one attached hydrogen (secondary N) is 1. The van der Waals surface area contributed by atoms with Crippen molar-refractivity contribution < 1.29 is 14.3 Å². The molecule has 9 nitrogen and oxygen atoms in total. The first-order chi connectivity index (χ1) is 24.4. The minimum Gasteiger partial charge on any atom is -0.492 e. The van der Waals surface area contributed by atoms with E-state index >= 15 is 0 Å². The van der Waals surface area contributed by atoms with E-state index in [1.807, 2.05) is 66.7 Å². The third-order valence-electron chi connectivity index (χ3n) is 8.54. The number of fused-ring (bicyclic) bond motifs is 2. The molecule has 6 aromatic rings. The maximum atomic E-state index is 10.2. The van der Waals surface area contributed by atoms with Gasteiger partial charge in [-0.05, 0) is 111 Å². The van der Waals surface area contributed by atoms with E-state index in [0.717, 1.165) is 74.5 Å². The van der Waals surface area contributed by atoms with E-state index in [1.165, 1.54) is 11.1 Å². The molecule has 0 saturated carbocycles. The molecule has 2 aromatic heterocycles. The van der Waals surface area contributed by atoms with Crippen LogP contribution in [0.4, 0.5) is 0 Å². The Bertz CT molecular complexity index is 2180. The number of carbonyl (C=O) groups is 1. The first kappa shape index (κ1) is 35.3. The van der Waals surface area contributed by atoms with Gasteiger partial charge in [-0.15, -0.1) is 0 Å². The highest BCUT2D eigenvalue weighted by Crippen LogP contribution is 2.36. The summed E-state index contributed by atoms with van der Waals surface area (Å²) in [4.78, 5) is 10.2. The predicted molar refractivity (Wildman–Crippen MR) is 199 cm³/mol. The molecule has 50 heavy (non-hydrogen) atoms. The molecular weight excluding hydrogens is 624 g/mol. The fourth-order valence-electron chi connectivity index (χ4n) is 6.28. The molecule has 9 heteroatoms. The number of aromatic nitrogens is 2. The molecule has 0 unspecified atom stereocenters. The number of nitrogens with two attached hydrogens (primary N) is 1. The summed E-state index contributed by atoms with van der Waals surface area (Å²) in [5.74, 6) is 1.52. The highest BCUT2D eigenvalue weighted by Gasteiger charge is 2.19. The van der Waals surface area contributed by atoms with Gasteiger partial charge in [-0.2, -0.15) is 10.5 Å². The van der Waals surface area contributed by atoms with Crippen LogP contribution in [-0.4, -0.2) is 41.8 Å². The van der Waals surface area contributed by atoms with Gasteiger partial charge < -0.3 is 29.7 Å². The highest BCUT2D eigenvalue weighted by atomic mass is 16.5. The number of benzene rings is 4. The minimum absolute atomic E-state index is 0.413. The summed E-state index contributed by atoms with van der Waals surface area (Å²) in [5.41, 5.74) is 15.3. The van der Waals surface area contributed by atoms with Gasteiger partial charge in [0.2, 0.25) is 6.41 Å². The summed E-state index contributed by atoms with van der Waals surface area (Å²) >= 11 is 0. The van der Waals surface area contributed by atoms with Crippen LogP contribution in [0.15, 0.2) is 84.9 Å². The molecule has 6 rings (SSSR count). The Kier molecular flexibility index (Phi) is 11.6. The lowest BCUT2D eigenvalue weighted by Crippen LogP contribution is -2.18. The second-order valence-corrected chi connectivity index (χ2v) is 11.8. The van der Waals surface area contributed by atoms with Crippen molar-refractivity contribution in [3.05, 3.63) is 107 Å². The second kappa shape index (κ2) is 16.4. The highest BCUT2D eigenvalue weighted by molar-refractivity contribution is 5.96. The minimum atomic E-state index is 0.413. The molecule has 1 amide bonds. The molecule has 0 aliphatic heterocycles. The number of ether oxygens (including phenoxy) is 2. The topological polar surface area (TPSA) is 131 Å². The van der Waals surface area contributed by atoms with Crippen LogP contribution >= 0.6 is 0 Å². The number of nitrogens with zero attached hydrogens (tertiary/aromatic N) is 4. The molecular formula is C41H42N6O3. The van der Waals surface area contributed by atoms with Crippen molar-refractivity contribution in [2.45, 2.75) is 40.8 Å². The van der Waals surface area contributed by atoms with Crippen molar-refractivity contribution in [3.8, 4) is 46.2 Å². The molecule has 0 spiro atoms. The molecule has 3 N–H and O–H groups in total. The van der Waals surface area contributed by atoms with Crippen LogP contribution in [0.3, 0.4) is 0 Å². The van der Waals surface area contributed by atoms with Crippen LogP contribution in [0.25, 0.3) is 44.3 Å². The number of hydrogen-bond acceptors (Lipinski definition) is 6. The van der Waals surface area contributed by atoms with Gasteiger partial charge in [0, 0.05) is 30.4 Å². The van der Waals surface area contributed by atoms with Crippen molar-refractivity contribution in [2.75, 3.05) is 26.3 Å². The zero-order valence-electron chi connectivity index (χ0n) is 29.0. The standard InChI is InChI=1S/C21H21N3O2.C20H21N3O/c1-3-24-20-12-15(2)4-9-18(20)19(13-22)21(24)16-5-7-17(8-6-16)26-11-10-23-14-25;1-3-23-19-12-14(2)4-9-17(19)18(13-22)20(23)15-5-7-16(8-6-15)24-11-10-21/h4-9,12,14H,3,10-11H2,1-2H3,(H,23,25);4-9,12H,3,10-11,21H2,1-2H3. The summed E-state index contributed by atoms with van der Waals surface area (Å²) in [6.07, 6.45) is 0.654. The van der Waals surface area contributed by atoms with E-state index in [2.05, 4.69) is 72.5 Å². The second-order valence-electron chi connectivity index (χ2n) is 11.8. The molecule has 0 saturated heterocycles. The van der Waals surface area contributed by atoms with Crippen LogP contribution in [0, 0.1) is 36.5 Å². The lowest BCUT2D eigenvalue weighted by atomic mass is 10.1. The molecule has 0 radical (unpaired) electrons. The quantitative estimate of drug-likeness (QED) is 0.103. The zero-order chi connectivity index (χ0) is 35.6. The van der Waals surface area contributed by atoms with Gasteiger partial charge >= 0.3 is 0 Å². The first-order valence-electron chi connectivity index (χ1n) is 16.8. The normalized spacial score (nSPS) is 10.6. The van der Waals surface area contributed by atoms with E-state index < -0.39 is 0 Å². The van der Waals surface area contributed by atoms with Crippen LogP contribution in [0.2, 0.25) is 0 Å². The maximum absolute atomic E-state index is 10.2. The summed E-state index contributed by atoms with van der Waals surface area (Å²) in [6, 6.07) is 32.8. The van der Waals surface area contributed by atoms with E-state index in [4.69, 9.17) is 15.2 Å². The van der Waals surface area contributed by atoms with Gasteiger partial charge in [0.15, 0.2) is 0 Å². The van der Waals surface area contributed by atoms with Crippen LogP contribution < -0.4 is 20.5 Å². The van der Waals surface area contributed by atoms with Crippen molar-refractivity contribution in [1.29, 1.82) is 10.5 Å². The number of amides is 1. The Morgan fingerprint density at radius 1 is 0.700 bits per heavy atom. The molecule has 2 heterocycles. The van der Waals surface area contributed by atoms with Crippen molar-refractivity contribution >= 4 is 28.2 Å².